The van der Waals surface area contributed by atoms with Crippen LogP contribution in [0, 0.1) is 5.82 Å². The molecular formula is C23H24FN5O2S. The minimum Gasteiger partial charge on any atom is -0.497 e. The van der Waals surface area contributed by atoms with Crippen LogP contribution in [-0.4, -0.2) is 55.1 Å². The summed E-state index contributed by atoms with van der Waals surface area (Å²) in [4.78, 5) is 16.6. The number of hydrogen-bond acceptors (Lipinski definition) is 7. The summed E-state index contributed by atoms with van der Waals surface area (Å²) in [5.41, 5.74) is 1.72. The summed E-state index contributed by atoms with van der Waals surface area (Å²) >= 11 is 1.34. The van der Waals surface area contributed by atoms with Crippen LogP contribution in [0.25, 0.3) is 0 Å². The number of halogens is 1. The molecular weight excluding hydrogens is 429 g/mol. The highest BCUT2D eigenvalue weighted by atomic mass is 32.2. The van der Waals surface area contributed by atoms with Crippen molar-refractivity contribution in [3.05, 3.63) is 66.5 Å². The monoisotopic (exact) mass is 453 g/mol. The number of ether oxygens (including phenoxy) is 1. The fourth-order valence-corrected chi connectivity index (χ4v) is 4.06. The topological polar surface area (TPSA) is 70.6 Å². The Morgan fingerprint density at radius 1 is 1.03 bits per heavy atom. The van der Waals surface area contributed by atoms with Gasteiger partial charge in [0.15, 0.2) is 5.82 Å². The van der Waals surface area contributed by atoms with Gasteiger partial charge in [-0.3, -0.25) is 4.79 Å². The van der Waals surface area contributed by atoms with Gasteiger partial charge in [0.2, 0.25) is 5.91 Å². The maximum Gasteiger partial charge on any atom is 0.234 e. The van der Waals surface area contributed by atoms with Crippen molar-refractivity contribution in [3.8, 4) is 5.75 Å². The second-order valence-corrected chi connectivity index (χ2v) is 8.24. The van der Waals surface area contributed by atoms with Gasteiger partial charge in [-0.15, -0.1) is 10.2 Å². The van der Waals surface area contributed by atoms with Crippen molar-refractivity contribution in [1.29, 1.82) is 0 Å². The van der Waals surface area contributed by atoms with E-state index in [-0.39, 0.29) is 17.5 Å². The number of piperazine rings is 1. The fourth-order valence-electron chi connectivity index (χ4n) is 3.44. The number of benzene rings is 2. The van der Waals surface area contributed by atoms with Crippen molar-refractivity contribution in [2.24, 2.45) is 0 Å². The number of anilines is 3. The van der Waals surface area contributed by atoms with E-state index in [1.165, 1.54) is 23.9 Å². The van der Waals surface area contributed by atoms with E-state index in [0.29, 0.717) is 16.5 Å². The molecule has 1 aliphatic heterocycles. The van der Waals surface area contributed by atoms with E-state index in [2.05, 4.69) is 25.3 Å². The second kappa shape index (κ2) is 10.3. The molecule has 0 atom stereocenters. The summed E-state index contributed by atoms with van der Waals surface area (Å²) in [6, 6.07) is 17.6. The van der Waals surface area contributed by atoms with Gasteiger partial charge >= 0.3 is 0 Å². The molecule has 1 N–H and O–H groups in total. The Labute approximate surface area is 190 Å². The predicted molar refractivity (Wildman–Crippen MR) is 125 cm³/mol. The Bertz CT molecular complexity index is 1040. The molecule has 0 bridgehead atoms. The van der Waals surface area contributed by atoms with Gasteiger partial charge in [-0.05, 0) is 48.5 Å². The smallest absolute Gasteiger partial charge is 0.234 e. The average molecular weight is 454 g/mol. The minimum absolute atomic E-state index is 0.119. The van der Waals surface area contributed by atoms with Crippen molar-refractivity contribution < 1.29 is 13.9 Å². The van der Waals surface area contributed by atoms with Gasteiger partial charge in [-0.25, -0.2) is 4.39 Å². The van der Waals surface area contributed by atoms with Crippen LogP contribution in [0.5, 0.6) is 5.75 Å². The highest BCUT2D eigenvalue weighted by Gasteiger charge is 2.19. The highest BCUT2D eigenvalue weighted by molar-refractivity contribution is 7.99. The standard InChI is InChI=1S/C23H24FN5O2S/c1-31-20-4-2-3-18(15-20)25-22(30)16-32-23-10-9-21(26-27-23)29-13-11-28(12-14-29)19-7-5-17(24)6-8-19/h2-10,15H,11-14,16H2,1H3,(H,25,30). The third-order valence-corrected chi connectivity index (χ3v) is 6.05. The predicted octanol–water partition coefficient (Wildman–Crippen LogP) is 3.68. The largest absolute Gasteiger partial charge is 0.497 e. The Morgan fingerprint density at radius 3 is 2.47 bits per heavy atom. The maximum atomic E-state index is 13.1. The van der Waals surface area contributed by atoms with Crippen molar-refractivity contribution in [2.45, 2.75) is 5.03 Å². The number of amides is 1. The molecule has 0 unspecified atom stereocenters. The molecule has 1 aliphatic rings. The zero-order valence-corrected chi connectivity index (χ0v) is 18.5. The molecule has 32 heavy (non-hydrogen) atoms. The van der Waals surface area contributed by atoms with Gasteiger partial charge in [0.1, 0.15) is 16.6 Å². The number of nitrogens with zero attached hydrogens (tertiary/aromatic N) is 4. The van der Waals surface area contributed by atoms with Gasteiger partial charge in [0.05, 0.1) is 12.9 Å². The number of carbonyl (C=O) groups excluding carboxylic acids is 1. The third-order valence-electron chi connectivity index (χ3n) is 5.13. The Hall–Kier alpha value is -3.33. The normalized spacial score (nSPS) is 13.7. The van der Waals surface area contributed by atoms with E-state index in [9.17, 15) is 9.18 Å². The third kappa shape index (κ3) is 5.67. The number of hydrogen-bond donors (Lipinski definition) is 1. The Kier molecular flexibility index (Phi) is 7.06. The molecule has 1 saturated heterocycles. The maximum absolute atomic E-state index is 13.1. The van der Waals surface area contributed by atoms with Gasteiger partial charge in [-0.2, -0.15) is 0 Å². The molecule has 7 nitrogen and oxygen atoms in total. The van der Waals surface area contributed by atoms with Crippen LogP contribution in [-0.2, 0) is 4.79 Å². The summed E-state index contributed by atoms with van der Waals surface area (Å²) in [5.74, 6) is 1.40. The zero-order valence-electron chi connectivity index (χ0n) is 17.7. The summed E-state index contributed by atoms with van der Waals surface area (Å²) in [6.45, 7) is 3.27. The molecule has 4 rings (SSSR count). The molecule has 1 amide bonds. The number of thioether (sulfide) groups is 1. The average Bonchev–Trinajstić information content (AvgIpc) is 2.84. The molecule has 1 aromatic heterocycles. The van der Waals surface area contributed by atoms with Crippen LogP contribution in [0.4, 0.5) is 21.6 Å². The molecule has 1 fully saturated rings. The van der Waals surface area contributed by atoms with Gasteiger partial charge in [-0.1, -0.05) is 17.8 Å². The van der Waals surface area contributed by atoms with Crippen molar-refractivity contribution in [1.82, 2.24) is 10.2 Å². The number of carbonyl (C=O) groups is 1. The van der Waals surface area contributed by atoms with Crippen molar-refractivity contribution in [2.75, 3.05) is 54.2 Å². The van der Waals surface area contributed by atoms with Gasteiger partial charge in [0, 0.05) is 43.6 Å². The quantitative estimate of drug-likeness (QED) is 0.547. The number of nitrogens with one attached hydrogen (secondary N) is 1. The molecule has 3 aromatic rings. The van der Waals surface area contributed by atoms with Gasteiger partial charge in [0.25, 0.3) is 0 Å². The number of methoxy groups -OCH3 is 1. The first-order valence-corrected chi connectivity index (χ1v) is 11.3. The lowest BCUT2D eigenvalue weighted by molar-refractivity contribution is -0.113. The van der Waals surface area contributed by atoms with Crippen LogP contribution in [0.3, 0.4) is 0 Å². The minimum atomic E-state index is -0.224. The first-order valence-electron chi connectivity index (χ1n) is 10.3. The highest BCUT2D eigenvalue weighted by Crippen LogP contribution is 2.22. The van der Waals surface area contributed by atoms with E-state index in [1.807, 2.05) is 30.3 Å². The molecule has 0 saturated carbocycles. The summed E-state index contributed by atoms with van der Waals surface area (Å²) in [5, 5.41) is 12.1. The first kappa shape index (κ1) is 21.9. The SMILES string of the molecule is COc1cccc(NC(=O)CSc2ccc(N3CCN(c4ccc(F)cc4)CC3)nn2)c1. The second-order valence-electron chi connectivity index (χ2n) is 7.25. The van der Waals surface area contributed by atoms with Crippen LogP contribution >= 0.6 is 11.8 Å². The lowest BCUT2D eigenvalue weighted by Gasteiger charge is -2.36. The lowest BCUT2D eigenvalue weighted by atomic mass is 10.2. The molecule has 0 radical (unpaired) electrons. The van der Waals surface area contributed by atoms with E-state index in [4.69, 9.17) is 4.74 Å². The van der Waals surface area contributed by atoms with Crippen LogP contribution in [0.1, 0.15) is 0 Å². The first-order chi connectivity index (χ1) is 15.6. The fraction of sp³-hybridized carbons (Fsp3) is 0.261. The Morgan fingerprint density at radius 2 is 1.78 bits per heavy atom. The van der Waals surface area contributed by atoms with Crippen LogP contribution in [0.2, 0.25) is 0 Å². The lowest BCUT2D eigenvalue weighted by Crippen LogP contribution is -2.46. The van der Waals surface area contributed by atoms with E-state index < -0.39 is 0 Å². The van der Waals surface area contributed by atoms with Crippen molar-refractivity contribution in [3.63, 3.8) is 0 Å². The summed E-state index contributed by atoms with van der Waals surface area (Å²) < 4.78 is 18.3. The number of aromatic nitrogens is 2. The van der Waals surface area contributed by atoms with Gasteiger partial charge < -0.3 is 19.9 Å². The molecule has 2 aromatic carbocycles. The molecule has 0 spiro atoms. The summed E-state index contributed by atoms with van der Waals surface area (Å²) in [6.07, 6.45) is 0. The number of rotatable bonds is 7. The van der Waals surface area contributed by atoms with Crippen LogP contribution in [0.15, 0.2) is 65.7 Å². The van der Waals surface area contributed by atoms with E-state index >= 15 is 0 Å². The van der Waals surface area contributed by atoms with Crippen molar-refractivity contribution >= 4 is 34.9 Å². The molecule has 9 heteroatoms. The van der Waals surface area contributed by atoms with E-state index in [0.717, 1.165) is 37.7 Å². The Balaban J connectivity index is 1.25. The van der Waals surface area contributed by atoms with E-state index in [1.54, 1.807) is 25.3 Å². The molecule has 2 heterocycles. The molecule has 0 aliphatic carbocycles. The zero-order chi connectivity index (χ0) is 22.3. The summed E-state index contributed by atoms with van der Waals surface area (Å²) in [7, 11) is 1.59. The van der Waals surface area contributed by atoms with Crippen LogP contribution < -0.4 is 19.9 Å². The molecule has 166 valence electrons.